The van der Waals surface area contributed by atoms with E-state index in [0.717, 1.165) is 49.8 Å². The molecule has 0 amide bonds. The summed E-state index contributed by atoms with van der Waals surface area (Å²) in [6, 6.07) is 10.7. The van der Waals surface area contributed by atoms with E-state index in [1.165, 1.54) is 31.2 Å². The SMILES string of the molecule is CCCCCCc1ccc(C(F)(F)OC(C)c2ccc(OC(F)(F)F)cc2)cc1. The van der Waals surface area contributed by atoms with E-state index in [2.05, 4.69) is 11.7 Å². The molecule has 7 heteroatoms. The number of aryl methyl sites for hydroxylation is 1. The lowest BCUT2D eigenvalue weighted by Gasteiger charge is -2.22. The van der Waals surface area contributed by atoms with Crippen molar-refractivity contribution in [1.29, 1.82) is 0 Å². The van der Waals surface area contributed by atoms with Crippen LogP contribution in [0.15, 0.2) is 48.5 Å². The molecule has 1 atom stereocenters. The Kier molecular flexibility index (Phi) is 8.02. The molecular weight excluding hydrogens is 391 g/mol. The fraction of sp³-hybridized carbons (Fsp3) is 0.455. The van der Waals surface area contributed by atoms with Crippen molar-refractivity contribution in [2.45, 2.75) is 64.5 Å². The zero-order valence-corrected chi connectivity index (χ0v) is 16.4. The summed E-state index contributed by atoms with van der Waals surface area (Å²) < 4.78 is 74.2. The average Bonchev–Trinajstić information content (AvgIpc) is 2.64. The maximum atomic E-state index is 14.5. The molecule has 0 aliphatic carbocycles. The molecule has 0 bridgehead atoms. The zero-order chi connectivity index (χ0) is 21.5. The first-order valence-corrected chi connectivity index (χ1v) is 9.61. The van der Waals surface area contributed by atoms with Gasteiger partial charge in [0.15, 0.2) is 0 Å². The molecule has 0 saturated heterocycles. The fourth-order valence-corrected chi connectivity index (χ4v) is 2.92. The quantitative estimate of drug-likeness (QED) is 0.294. The first-order valence-electron chi connectivity index (χ1n) is 9.61. The molecule has 2 aromatic carbocycles. The standard InChI is InChI=1S/C22H25F5O2/c1-3-4-5-6-7-17-8-12-19(13-9-17)21(23,24)28-16(2)18-10-14-20(15-11-18)29-22(25,26)27/h8-16H,3-7H2,1-2H3. The van der Waals surface area contributed by atoms with E-state index in [1.54, 1.807) is 12.1 Å². The third kappa shape index (κ3) is 7.65. The topological polar surface area (TPSA) is 18.5 Å². The van der Waals surface area contributed by atoms with Crippen LogP contribution < -0.4 is 4.74 Å². The summed E-state index contributed by atoms with van der Waals surface area (Å²) in [6.07, 6.45) is -4.09. The lowest BCUT2D eigenvalue weighted by atomic mass is 10.0. The Morgan fingerprint density at radius 3 is 2.00 bits per heavy atom. The molecule has 0 N–H and O–H groups in total. The van der Waals surface area contributed by atoms with Gasteiger partial charge in [0.25, 0.3) is 0 Å². The Morgan fingerprint density at radius 1 is 0.828 bits per heavy atom. The highest BCUT2D eigenvalue weighted by Gasteiger charge is 2.35. The predicted octanol–water partition coefficient (Wildman–Crippen LogP) is 7.54. The molecule has 0 aromatic heterocycles. The molecule has 0 aliphatic rings. The normalized spacial score (nSPS) is 13.3. The smallest absolute Gasteiger partial charge is 0.406 e. The second-order valence-corrected chi connectivity index (χ2v) is 6.90. The van der Waals surface area contributed by atoms with Gasteiger partial charge in [0.1, 0.15) is 5.75 Å². The van der Waals surface area contributed by atoms with Crippen molar-refractivity contribution in [1.82, 2.24) is 0 Å². The van der Waals surface area contributed by atoms with E-state index in [-0.39, 0.29) is 5.56 Å². The van der Waals surface area contributed by atoms with Crippen molar-refractivity contribution in [2.24, 2.45) is 0 Å². The number of hydrogen-bond acceptors (Lipinski definition) is 2. The molecule has 0 radical (unpaired) electrons. The van der Waals surface area contributed by atoms with Gasteiger partial charge in [-0.1, -0.05) is 62.6 Å². The van der Waals surface area contributed by atoms with Crippen LogP contribution >= 0.6 is 0 Å². The van der Waals surface area contributed by atoms with Crippen LogP contribution in [0.25, 0.3) is 0 Å². The molecule has 29 heavy (non-hydrogen) atoms. The second-order valence-electron chi connectivity index (χ2n) is 6.90. The van der Waals surface area contributed by atoms with Gasteiger partial charge in [-0.15, -0.1) is 13.2 Å². The first-order chi connectivity index (χ1) is 13.6. The molecule has 0 spiro atoms. The van der Waals surface area contributed by atoms with Crippen molar-refractivity contribution in [3.05, 3.63) is 65.2 Å². The van der Waals surface area contributed by atoms with Gasteiger partial charge in [0, 0.05) is 0 Å². The van der Waals surface area contributed by atoms with E-state index < -0.39 is 24.3 Å². The molecular formula is C22H25F5O2. The highest BCUT2D eigenvalue weighted by molar-refractivity contribution is 5.29. The van der Waals surface area contributed by atoms with E-state index in [1.807, 2.05) is 0 Å². The van der Waals surface area contributed by atoms with Gasteiger partial charge in [0.05, 0.1) is 11.7 Å². The van der Waals surface area contributed by atoms with Gasteiger partial charge >= 0.3 is 12.5 Å². The minimum absolute atomic E-state index is 0.265. The van der Waals surface area contributed by atoms with Crippen LogP contribution in [0.5, 0.6) is 5.75 Å². The third-order valence-electron chi connectivity index (χ3n) is 4.52. The molecule has 0 heterocycles. The number of hydrogen-bond donors (Lipinski definition) is 0. The lowest BCUT2D eigenvalue weighted by molar-refractivity contribution is -0.274. The predicted molar refractivity (Wildman–Crippen MR) is 101 cm³/mol. The van der Waals surface area contributed by atoms with Crippen LogP contribution in [0.3, 0.4) is 0 Å². The molecule has 160 valence electrons. The fourth-order valence-electron chi connectivity index (χ4n) is 2.92. The second kappa shape index (κ2) is 10.1. The van der Waals surface area contributed by atoms with Gasteiger partial charge in [0.2, 0.25) is 0 Å². The van der Waals surface area contributed by atoms with Crippen LogP contribution in [0.4, 0.5) is 22.0 Å². The number of halogens is 5. The van der Waals surface area contributed by atoms with Crippen molar-refractivity contribution in [3.63, 3.8) is 0 Å². The summed E-state index contributed by atoms with van der Waals surface area (Å²) >= 11 is 0. The zero-order valence-electron chi connectivity index (χ0n) is 16.4. The Labute approximate surface area is 167 Å². The van der Waals surface area contributed by atoms with E-state index in [9.17, 15) is 22.0 Å². The van der Waals surface area contributed by atoms with Crippen LogP contribution in [-0.2, 0) is 17.3 Å². The van der Waals surface area contributed by atoms with Crippen molar-refractivity contribution < 1.29 is 31.4 Å². The van der Waals surface area contributed by atoms with E-state index >= 15 is 0 Å². The largest absolute Gasteiger partial charge is 0.573 e. The third-order valence-corrected chi connectivity index (χ3v) is 4.52. The Bertz CT molecular complexity index is 739. The molecule has 0 fully saturated rings. The maximum Gasteiger partial charge on any atom is 0.573 e. The number of alkyl halides is 5. The summed E-state index contributed by atoms with van der Waals surface area (Å²) in [5.41, 5.74) is 1.04. The van der Waals surface area contributed by atoms with E-state index in [0.29, 0.717) is 5.56 Å². The molecule has 2 nitrogen and oxygen atoms in total. The molecule has 2 rings (SSSR count). The highest BCUT2D eigenvalue weighted by Crippen LogP contribution is 2.36. The minimum Gasteiger partial charge on any atom is -0.406 e. The van der Waals surface area contributed by atoms with Gasteiger partial charge in [-0.3, -0.25) is 0 Å². The van der Waals surface area contributed by atoms with E-state index in [4.69, 9.17) is 4.74 Å². The van der Waals surface area contributed by atoms with Crippen LogP contribution in [0.2, 0.25) is 0 Å². The summed E-state index contributed by atoms with van der Waals surface area (Å²) in [7, 11) is 0. The maximum absolute atomic E-state index is 14.5. The summed E-state index contributed by atoms with van der Waals surface area (Å²) in [5.74, 6) is -0.422. The summed E-state index contributed by atoms with van der Waals surface area (Å²) in [6.45, 7) is 3.54. The van der Waals surface area contributed by atoms with Gasteiger partial charge in [-0.25, -0.2) is 0 Å². The molecule has 0 saturated carbocycles. The minimum atomic E-state index is -4.81. The molecule has 0 aliphatic heterocycles. The number of ether oxygens (including phenoxy) is 2. The lowest BCUT2D eigenvalue weighted by Crippen LogP contribution is -2.20. The highest BCUT2D eigenvalue weighted by atomic mass is 19.4. The number of unbranched alkanes of at least 4 members (excludes halogenated alkanes) is 3. The van der Waals surface area contributed by atoms with Gasteiger partial charge in [-0.05, 0) is 43.0 Å². The van der Waals surface area contributed by atoms with Crippen molar-refractivity contribution in [3.8, 4) is 5.75 Å². The monoisotopic (exact) mass is 416 g/mol. The van der Waals surface area contributed by atoms with Gasteiger partial charge in [-0.2, -0.15) is 8.78 Å². The van der Waals surface area contributed by atoms with Crippen LogP contribution in [0.1, 0.15) is 62.3 Å². The first kappa shape index (κ1) is 23.1. The van der Waals surface area contributed by atoms with Crippen molar-refractivity contribution in [2.75, 3.05) is 0 Å². The van der Waals surface area contributed by atoms with Crippen LogP contribution in [0, 0.1) is 0 Å². The summed E-state index contributed by atoms with van der Waals surface area (Å²) in [4.78, 5) is 0. The number of rotatable bonds is 10. The summed E-state index contributed by atoms with van der Waals surface area (Å²) in [5, 5.41) is 0. The van der Waals surface area contributed by atoms with Crippen molar-refractivity contribution >= 4 is 0 Å². The number of benzene rings is 2. The molecule has 1 unspecified atom stereocenters. The Hall–Kier alpha value is -2.15. The molecule has 2 aromatic rings. The Balaban J connectivity index is 1.97. The Morgan fingerprint density at radius 2 is 1.45 bits per heavy atom. The average molecular weight is 416 g/mol. The van der Waals surface area contributed by atoms with Gasteiger partial charge < -0.3 is 9.47 Å². The van der Waals surface area contributed by atoms with Crippen LogP contribution in [-0.4, -0.2) is 6.36 Å².